The first-order valence-corrected chi connectivity index (χ1v) is 6.21. The van der Waals surface area contributed by atoms with Crippen LogP contribution in [0.25, 0.3) is 0 Å². The van der Waals surface area contributed by atoms with E-state index >= 15 is 0 Å². The fourth-order valence-electron chi connectivity index (χ4n) is 1.59. The Bertz CT molecular complexity index is 569. The van der Waals surface area contributed by atoms with Crippen LogP contribution in [-0.4, -0.2) is 17.1 Å². The van der Waals surface area contributed by atoms with Gasteiger partial charge in [0.25, 0.3) is 0 Å². The van der Waals surface area contributed by atoms with Crippen LogP contribution in [0, 0.1) is 0 Å². The van der Waals surface area contributed by atoms with Crippen LogP contribution in [-0.2, 0) is 4.79 Å². The number of halogens is 1. The quantitative estimate of drug-likeness (QED) is 0.528. The second-order valence-electron chi connectivity index (χ2n) is 3.95. The van der Waals surface area contributed by atoms with Crippen molar-refractivity contribution in [1.29, 1.82) is 0 Å². The van der Waals surface area contributed by atoms with Gasteiger partial charge in [0, 0.05) is 11.3 Å². The predicted molar refractivity (Wildman–Crippen MR) is 75.5 cm³/mol. The molecule has 2 rings (SSSR count). The van der Waals surface area contributed by atoms with Crippen molar-refractivity contribution < 1.29 is 9.59 Å². The molecule has 1 unspecified atom stereocenters. The molecule has 3 nitrogen and oxygen atoms in total. The number of nitrogens with one attached hydrogen (secondary N) is 1. The minimum Gasteiger partial charge on any atom is -0.324 e. The molecule has 0 aliphatic rings. The molecule has 96 valence electrons. The SMILES string of the molecule is O=C(Nc1ccccc1)C(Cl)C(=O)c1ccccc1. The summed E-state index contributed by atoms with van der Waals surface area (Å²) in [6.07, 6.45) is 0. The van der Waals surface area contributed by atoms with E-state index in [1.165, 1.54) is 0 Å². The van der Waals surface area contributed by atoms with Gasteiger partial charge in [-0.3, -0.25) is 9.59 Å². The van der Waals surface area contributed by atoms with Crippen molar-refractivity contribution in [2.45, 2.75) is 5.38 Å². The van der Waals surface area contributed by atoms with Gasteiger partial charge in [0.1, 0.15) is 0 Å². The molecule has 2 aromatic rings. The van der Waals surface area contributed by atoms with E-state index in [4.69, 9.17) is 11.6 Å². The summed E-state index contributed by atoms with van der Waals surface area (Å²) in [4.78, 5) is 23.8. The van der Waals surface area contributed by atoms with Gasteiger partial charge in [0.05, 0.1) is 0 Å². The molecule has 0 spiro atoms. The zero-order valence-corrected chi connectivity index (χ0v) is 10.8. The number of carbonyl (C=O) groups is 2. The summed E-state index contributed by atoms with van der Waals surface area (Å²) in [5.41, 5.74) is 1.03. The van der Waals surface area contributed by atoms with Gasteiger partial charge in [0.2, 0.25) is 5.91 Å². The number of amides is 1. The maximum Gasteiger partial charge on any atom is 0.250 e. The normalized spacial score (nSPS) is 11.6. The third-order valence-electron chi connectivity index (χ3n) is 2.56. The second kappa shape index (κ2) is 6.16. The number of anilines is 1. The Morgan fingerprint density at radius 2 is 1.42 bits per heavy atom. The van der Waals surface area contributed by atoms with Gasteiger partial charge in [-0.15, -0.1) is 11.6 Å². The van der Waals surface area contributed by atoms with E-state index < -0.39 is 17.1 Å². The van der Waals surface area contributed by atoms with Crippen LogP contribution in [0.1, 0.15) is 10.4 Å². The molecule has 0 saturated heterocycles. The van der Waals surface area contributed by atoms with Crippen molar-refractivity contribution in [1.82, 2.24) is 0 Å². The van der Waals surface area contributed by atoms with Gasteiger partial charge in [-0.25, -0.2) is 0 Å². The molecule has 1 N–H and O–H groups in total. The molecule has 0 aliphatic carbocycles. The van der Waals surface area contributed by atoms with E-state index in [1.807, 2.05) is 6.07 Å². The van der Waals surface area contributed by atoms with Crippen molar-refractivity contribution in [2.75, 3.05) is 5.32 Å². The highest BCUT2D eigenvalue weighted by atomic mass is 35.5. The van der Waals surface area contributed by atoms with Gasteiger partial charge < -0.3 is 5.32 Å². The molecule has 0 aliphatic heterocycles. The fourth-order valence-corrected chi connectivity index (χ4v) is 1.78. The van der Waals surface area contributed by atoms with E-state index in [2.05, 4.69) is 5.32 Å². The molecule has 0 saturated carbocycles. The molecule has 19 heavy (non-hydrogen) atoms. The van der Waals surface area contributed by atoms with Crippen LogP contribution in [0.3, 0.4) is 0 Å². The topological polar surface area (TPSA) is 46.2 Å². The zero-order valence-electron chi connectivity index (χ0n) is 10.0. The molecule has 0 bridgehead atoms. The monoisotopic (exact) mass is 273 g/mol. The largest absolute Gasteiger partial charge is 0.324 e. The first-order valence-electron chi connectivity index (χ1n) is 5.78. The number of alkyl halides is 1. The summed E-state index contributed by atoms with van der Waals surface area (Å²) in [5.74, 6) is -0.933. The van der Waals surface area contributed by atoms with Crippen LogP contribution in [0.4, 0.5) is 5.69 Å². The van der Waals surface area contributed by atoms with Crippen molar-refractivity contribution in [2.24, 2.45) is 0 Å². The van der Waals surface area contributed by atoms with Gasteiger partial charge in [-0.05, 0) is 12.1 Å². The van der Waals surface area contributed by atoms with E-state index in [-0.39, 0.29) is 0 Å². The van der Waals surface area contributed by atoms with E-state index in [1.54, 1.807) is 54.6 Å². The molecule has 0 radical (unpaired) electrons. The average Bonchev–Trinajstić information content (AvgIpc) is 2.47. The van der Waals surface area contributed by atoms with Crippen LogP contribution in [0.2, 0.25) is 0 Å². The Labute approximate surface area is 116 Å². The minimum absolute atomic E-state index is 0.407. The molecule has 1 amide bonds. The highest BCUT2D eigenvalue weighted by Gasteiger charge is 2.24. The Morgan fingerprint density at radius 1 is 0.895 bits per heavy atom. The first-order chi connectivity index (χ1) is 9.18. The van der Waals surface area contributed by atoms with Crippen LogP contribution >= 0.6 is 11.6 Å². The number of rotatable bonds is 4. The highest BCUT2D eigenvalue weighted by molar-refractivity contribution is 6.45. The van der Waals surface area contributed by atoms with Gasteiger partial charge in [0.15, 0.2) is 11.2 Å². The lowest BCUT2D eigenvalue weighted by molar-refractivity contribution is -0.115. The molecule has 1 atom stereocenters. The number of Topliss-reactive ketones (excluding diaryl/α,β-unsaturated/α-hetero) is 1. The standard InChI is InChI=1S/C15H12ClNO2/c16-13(14(18)11-7-3-1-4-8-11)15(19)17-12-9-5-2-6-10-12/h1-10,13H,(H,17,19). The lowest BCUT2D eigenvalue weighted by atomic mass is 10.1. The number of ketones is 1. The van der Waals surface area contributed by atoms with Gasteiger partial charge >= 0.3 is 0 Å². The molecular weight excluding hydrogens is 262 g/mol. The van der Waals surface area contributed by atoms with Crippen LogP contribution in [0.15, 0.2) is 60.7 Å². The second-order valence-corrected chi connectivity index (χ2v) is 4.38. The Morgan fingerprint density at radius 3 is 2.00 bits per heavy atom. The molecular formula is C15H12ClNO2. The molecule has 4 heteroatoms. The minimum atomic E-state index is -1.23. The smallest absolute Gasteiger partial charge is 0.250 e. The molecule has 0 aromatic heterocycles. The predicted octanol–water partition coefficient (Wildman–Crippen LogP) is 3.12. The van der Waals surface area contributed by atoms with Gasteiger partial charge in [-0.1, -0.05) is 48.5 Å². The molecule has 0 fully saturated rings. The summed E-state index contributed by atoms with van der Waals surface area (Å²) in [6, 6.07) is 17.4. The lowest BCUT2D eigenvalue weighted by Crippen LogP contribution is -2.30. The summed E-state index contributed by atoms with van der Waals surface area (Å²) in [6.45, 7) is 0. The maximum absolute atomic E-state index is 12.0. The van der Waals surface area contributed by atoms with Gasteiger partial charge in [-0.2, -0.15) is 0 Å². The average molecular weight is 274 g/mol. The summed E-state index contributed by atoms with van der Waals surface area (Å²) in [7, 11) is 0. The summed E-state index contributed by atoms with van der Waals surface area (Å²) in [5, 5.41) is 1.37. The van der Waals surface area contributed by atoms with E-state index in [9.17, 15) is 9.59 Å². The number of hydrogen-bond acceptors (Lipinski definition) is 2. The Balaban J connectivity index is 2.06. The number of para-hydroxylation sites is 1. The fraction of sp³-hybridized carbons (Fsp3) is 0.0667. The van der Waals surface area contributed by atoms with Crippen molar-refractivity contribution in [3.63, 3.8) is 0 Å². The third-order valence-corrected chi connectivity index (χ3v) is 2.96. The third kappa shape index (κ3) is 3.42. The summed E-state index contributed by atoms with van der Waals surface area (Å²) >= 11 is 5.90. The number of carbonyl (C=O) groups excluding carboxylic acids is 2. The summed E-state index contributed by atoms with van der Waals surface area (Å²) < 4.78 is 0. The van der Waals surface area contributed by atoms with E-state index in [0.29, 0.717) is 11.3 Å². The maximum atomic E-state index is 12.0. The highest BCUT2D eigenvalue weighted by Crippen LogP contribution is 2.12. The van der Waals surface area contributed by atoms with Crippen molar-refractivity contribution in [3.05, 3.63) is 66.2 Å². The van der Waals surface area contributed by atoms with Crippen molar-refractivity contribution in [3.8, 4) is 0 Å². The van der Waals surface area contributed by atoms with Crippen LogP contribution < -0.4 is 5.32 Å². The Kier molecular flexibility index (Phi) is 4.31. The molecule has 2 aromatic carbocycles. The Hall–Kier alpha value is -2.13. The number of benzene rings is 2. The van der Waals surface area contributed by atoms with E-state index in [0.717, 1.165) is 0 Å². The van der Waals surface area contributed by atoms with Crippen molar-refractivity contribution >= 4 is 29.0 Å². The lowest BCUT2D eigenvalue weighted by Gasteiger charge is -2.09. The number of hydrogen-bond donors (Lipinski definition) is 1. The first kappa shape index (κ1) is 13.3. The van der Waals surface area contributed by atoms with Crippen LogP contribution in [0.5, 0.6) is 0 Å². The molecule has 0 heterocycles. The zero-order chi connectivity index (χ0) is 13.7.